The van der Waals surface area contributed by atoms with Gasteiger partial charge in [-0.05, 0) is 13.5 Å². The molecule has 0 aromatic carbocycles. The first-order valence-electron chi connectivity index (χ1n) is 7.83. The zero-order chi connectivity index (χ0) is 15.7. The Morgan fingerprint density at radius 3 is 2.68 bits per heavy atom. The van der Waals surface area contributed by atoms with Crippen molar-refractivity contribution >= 4 is 17.6 Å². The van der Waals surface area contributed by atoms with Crippen LogP contribution in [0.3, 0.4) is 0 Å². The highest BCUT2D eigenvalue weighted by atomic mass is 16.5. The van der Waals surface area contributed by atoms with Crippen LogP contribution in [-0.2, 0) is 9.59 Å². The van der Waals surface area contributed by atoms with Crippen LogP contribution in [-0.4, -0.2) is 66.0 Å². The number of hydrogen-bond acceptors (Lipinski definition) is 5. The summed E-state index contributed by atoms with van der Waals surface area (Å²) < 4.78 is 5.02. The molecular formula is C15H22N4O3. The van der Waals surface area contributed by atoms with Crippen LogP contribution in [0, 0.1) is 12.8 Å². The number of carbonyl (C=O) groups excluding carboxylic acids is 2. The van der Waals surface area contributed by atoms with Crippen molar-refractivity contribution in [2.45, 2.75) is 20.3 Å². The molecule has 7 heteroatoms. The molecule has 0 aliphatic carbocycles. The molecule has 2 aliphatic heterocycles. The van der Waals surface area contributed by atoms with Crippen molar-refractivity contribution in [2.24, 2.45) is 5.92 Å². The summed E-state index contributed by atoms with van der Waals surface area (Å²) in [6.45, 7) is 8.66. The lowest BCUT2D eigenvalue weighted by Crippen LogP contribution is -2.50. The lowest BCUT2D eigenvalue weighted by atomic mass is 10.1. The minimum Gasteiger partial charge on any atom is -0.360 e. The van der Waals surface area contributed by atoms with Gasteiger partial charge in [-0.1, -0.05) is 12.1 Å². The highest BCUT2D eigenvalue weighted by Gasteiger charge is 2.38. The van der Waals surface area contributed by atoms with E-state index in [1.54, 1.807) is 17.9 Å². The topological polar surface area (TPSA) is 69.9 Å². The van der Waals surface area contributed by atoms with E-state index in [2.05, 4.69) is 17.0 Å². The summed E-state index contributed by atoms with van der Waals surface area (Å²) >= 11 is 0. The van der Waals surface area contributed by atoms with E-state index in [0.717, 1.165) is 32.7 Å². The Labute approximate surface area is 129 Å². The molecule has 22 heavy (non-hydrogen) atoms. The lowest BCUT2D eigenvalue weighted by Gasteiger charge is -2.35. The number of piperazine rings is 1. The van der Waals surface area contributed by atoms with E-state index in [0.29, 0.717) is 18.1 Å². The molecule has 1 atom stereocenters. The number of carbonyl (C=O) groups is 2. The van der Waals surface area contributed by atoms with Crippen LogP contribution in [0.2, 0.25) is 0 Å². The molecule has 1 aromatic rings. The molecule has 0 bridgehead atoms. The molecule has 3 heterocycles. The van der Waals surface area contributed by atoms with Gasteiger partial charge < -0.3 is 14.3 Å². The number of amides is 2. The van der Waals surface area contributed by atoms with E-state index in [4.69, 9.17) is 4.52 Å². The third-order valence-corrected chi connectivity index (χ3v) is 4.50. The third kappa shape index (κ3) is 2.85. The van der Waals surface area contributed by atoms with Crippen molar-refractivity contribution in [3.8, 4) is 0 Å². The summed E-state index contributed by atoms with van der Waals surface area (Å²) in [5.41, 5.74) is 0. The molecule has 0 radical (unpaired) electrons. The van der Waals surface area contributed by atoms with Crippen molar-refractivity contribution in [1.82, 2.24) is 15.0 Å². The number of anilines is 1. The first kappa shape index (κ1) is 15.0. The van der Waals surface area contributed by atoms with Crippen LogP contribution in [0.25, 0.3) is 0 Å². The Kier molecular flexibility index (Phi) is 4.15. The fraction of sp³-hybridized carbons (Fsp3) is 0.667. The first-order chi connectivity index (χ1) is 10.6. The molecule has 0 saturated carbocycles. The number of hydrogen-bond donors (Lipinski definition) is 0. The molecule has 2 saturated heterocycles. The number of nitrogens with zero attached hydrogens (tertiary/aromatic N) is 4. The van der Waals surface area contributed by atoms with Gasteiger partial charge in [-0.3, -0.25) is 14.5 Å². The van der Waals surface area contributed by atoms with E-state index in [9.17, 15) is 9.59 Å². The Bertz CT molecular complexity index is 563. The second kappa shape index (κ2) is 6.08. The maximum Gasteiger partial charge on any atom is 0.229 e. The summed E-state index contributed by atoms with van der Waals surface area (Å²) in [7, 11) is 0. The molecule has 2 amide bonds. The van der Waals surface area contributed by atoms with Crippen molar-refractivity contribution < 1.29 is 14.1 Å². The van der Waals surface area contributed by atoms with Gasteiger partial charge in [-0.2, -0.15) is 0 Å². The highest BCUT2D eigenvalue weighted by molar-refractivity contribution is 5.99. The van der Waals surface area contributed by atoms with Gasteiger partial charge in [0.25, 0.3) is 0 Å². The lowest BCUT2D eigenvalue weighted by molar-refractivity contribution is -0.137. The van der Waals surface area contributed by atoms with Crippen molar-refractivity contribution in [2.75, 3.05) is 44.2 Å². The van der Waals surface area contributed by atoms with E-state index in [1.807, 2.05) is 4.90 Å². The molecular weight excluding hydrogens is 284 g/mol. The van der Waals surface area contributed by atoms with Crippen LogP contribution < -0.4 is 4.90 Å². The van der Waals surface area contributed by atoms with Gasteiger partial charge in [0.15, 0.2) is 5.82 Å². The Morgan fingerprint density at radius 1 is 1.36 bits per heavy atom. The van der Waals surface area contributed by atoms with Crippen LogP contribution in [0.5, 0.6) is 0 Å². The fourth-order valence-corrected chi connectivity index (χ4v) is 3.12. The predicted octanol–water partition coefficient (Wildman–Crippen LogP) is 0.500. The first-order valence-corrected chi connectivity index (χ1v) is 7.83. The van der Waals surface area contributed by atoms with E-state index < -0.39 is 0 Å². The Balaban J connectivity index is 1.62. The van der Waals surface area contributed by atoms with Crippen LogP contribution in [0.4, 0.5) is 5.82 Å². The standard InChI is InChI=1S/C15H22N4O3/c1-3-17-4-6-18(7-5-17)15(21)12-9-14(20)19(10-12)13-8-11(2)22-16-13/h8,12H,3-7,9-10H2,1-2H3. The minimum atomic E-state index is -0.266. The molecule has 0 spiro atoms. The van der Waals surface area contributed by atoms with E-state index in [-0.39, 0.29) is 24.2 Å². The molecule has 120 valence electrons. The monoisotopic (exact) mass is 306 g/mol. The summed E-state index contributed by atoms with van der Waals surface area (Å²) in [6.07, 6.45) is 0.263. The van der Waals surface area contributed by atoms with Gasteiger partial charge in [-0.25, -0.2) is 0 Å². The third-order valence-electron chi connectivity index (χ3n) is 4.50. The molecule has 2 fully saturated rings. The van der Waals surface area contributed by atoms with Gasteiger partial charge in [0.1, 0.15) is 5.76 Å². The summed E-state index contributed by atoms with van der Waals surface area (Å²) in [6, 6.07) is 1.73. The number of aryl methyl sites for hydroxylation is 1. The molecule has 7 nitrogen and oxygen atoms in total. The normalized spacial score (nSPS) is 23.4. The summed E-state index contributed by atoms with van der Waals surface area (Å²) in [5.74, 6) is 0.935. The molecule has 1 aromatic heterocycles. The SMILES string of the molecule is CCN1CCN(C(=O)C2CC(=O)N(c3cc(C)on3)C2)CC1. The van der Waals surface area contributed by atoms with Crippen molar-refractivity contribution in [3.05, 3.63) is 11.8 Å². The van der Waals surface area contributed by atoms with Gasteiger partial charge in [0, 0.05) is 45.2 Å². The van der Waals surface area contributed by atoms with Crippen molar-refractivity contribution in [3.63, 3.8) is 0 Å². The van der Waals surface area contributed by atoms with Crippen LogP contribution >= 0.6 is 0 Å². The van der Waals surface area contributed by atoms with Gasteiger partial charge in [0.05, 0.1) is 5.92 Å². The van der Waals surface area contributed by atoms with E-state index in [1.165, 1.54) is 0 Å². The van der Waals surface area contributed by atoms with Crippen LogP contribution in [0.1, 0.15) is 19.1 Å². The zero-order valence-electron chi connectivity index (χ0n) is 13.1. The summed E-state index contributed by atoms with van der Waals surface area (Å²) in [5, 5.41) is 3.87. The average Bonchev–Trinajstić information content (AvgIpc) is 3.12. The molecule has 1 unspecified atom stereocenters. The van der Waals surface area contributed by atoms with Crippen molar-refractivity contribution in [1.29, 1.82) is 0 Å². The van der Waals surface area contributed by atoms with Gasteiger partial charge in [0.2, 0.25) is 11.8 Å². The minimum absolute atomic E-state index is 0.0566. The second-order valence-corrected chi connectivity index (χ2v) is 5.96. The van der Waals surface area contributed by atoms with E-state index >= 15 is 0 Å². The number of aromatic nitrogens is 1. The Hall–Kier alpha value is -1.89. The quantitative estimate of drug-likeness (QED) is 0.813. The summed E-state index contributed by atoms with van der Waals surface area (Å²) in [4.78, 5) is 30.5. The predicted molar refractivity (Wildman–Crippen MR) is 80.4 cm³/mol. The number of likely N-dealkylation sites (N-methyl/N-ethyl adjacent to an activating group) is 1. The van der Waals surface area contributed by atoms with Gasteiger partial charge in [-0.15, -0.1) is 0 Å². The largest absolute Gasteiger partial charge is 0.360 e. The van der Waals surface area contributed by atoms with Gasteiger partial charge >= 0.3 is 0 Å². The molecule has 0 N–H and O–H groups in total. The average molecular weight is 306 g/mol. The zero-order valence-corrected chi connectivity index (χ0v) is 13.1. The number of rotatable bonds is 3. The highest BCUT2D eigenvalue weighted by Crippen LogP contribution is 2.26. The second-order valence-electron chi connectivity index (χ2n) is 5.96. The maximum absolute atomic E-state index is 12.6. The molecule has 3 rings (SSSR count). The molecule has 2 aliphatic rings. The fourth-order valence-electron chi connectivity index (χ4n) is 3.12. The van der Waals surface area contributed by atoms with Crippen LogP contribution in [0.15, 0.2) is 10.6 Å². The Morgan fingerprint density at radius 2 is 2.09 bits per heavy atom. The maximum atomic E-state index is 12.6. The smallest absolute Gasteiger partial charge is 0.229 e.